The number of para-hydroxylation sites is 1. The van der Waals surface area contributed by atoms with Gasteiger partial charge in [0.15, 0.2) is 0 Å². The van der Waals surface area contributed by atoms with Gasteiger partial charge in [-0.25, -0.2) is 4.68 Å². The second-order valence-electron chi connectivity index (χ2n) is 7.08. The molecule has 4 rings (SSSR count). The van der Waals surface area contributed by atoms with E-state index in [1.165, 1.54) is 4.68 Å². The van der Waals surface area contributed by atoms with Crippen molar-refractivity contribution in [3.63, 3.8) is 0 Å². The highest BCUT2D eigenvalue weighted by molar-refractivity contribution is 6.33. The predicted molar refractivity (Wildman–Crippen MR) is 120 cm³/mol. The van der Waals surface area contributed by atoms with Crippen LogP contribution in [0.25, 0.3) is 10.9 Å². The molecule has 0 unspecified atom stereocenters. The molecule has 4 aromatic rings. The molecule has 0 aliphatic rings. The van der Waals surface area contributed by atoms with E-state index in [4.69, 9.17) is 23.2 Å². The number of nitrogens with zero attached hydrogens (tertiary/aromatic N) is 3. The maximum absolute atomic E-state index is 12.7. The van der Waals surface area contributed by atoms with Crippen LogP contribution >= 0.6 is 23.2 Å². The van der Waals surface area contributed by atoms with Crippen molar-refractivity contribution in [3.8, 4) is 0 Å². The quantitative estimate of drug-likeness (QED) is 0.454. The lowest BCUT2D eigenvalue weighted by Gasteiger charge is -2.08. The first-order valence-electron chi connectivity index (χ1n) is 9.48. The summed E-state index contributed by atoms with van der Waals surface area (Å²) in [7, 11) is 1.86. The van der Waals surface area contributed by atoms with Crippen LogP contribution in [0.15, 0.2) is 54.7 Å². The number of nitrogens with one attached hydrogen (secondary N) is 2. The van der Waals surface area contributed by atoms with Crippen LogP contribution < -0.4 is 10.9 Å². The summed E-state index contributed by atoms with van der Waals surface area (Å²) in [6.45, 7) is 1.99. The third-order valence-electron chi connectivity index (χ3n) is 5.00. The highest BCUT2D eigenvalue weighted by Crippen LogP contribution is 2.23. The van der Waals surface area contributed by atoms with Crippen molar-refractivity contribution in [3.05, 3.63) is 87.3 Å². The fraction of sp³-hybridized carbons (Fsp3) is 0.136. The largest absolute Gasteiger partial charge is 0.350 e. The molecule has 2 aromatic carbocycles. The van der Waals surface area contributed by atoms with E-state index < -0.39 is 11.8 Å². The zero-order valence-electron chi connectivity index (χ0n) is 16.8. The highest BCUT2D eigenvalue weighted by Gasteiger charge is 2.22. The van der Waals surface area contributed by atoms with E-state index in [1.807, 2.05) is 54.1 Å². The van der Waals surface area contributed by atoms with E-state index in [9.17, 15) is 9.59 Å². The summed E-state index contributed by atoms with van der Waals surface area (Å²) < 4.78 is 3.35. The van der Waals surface area contributed by atoms with Crippen LogP contribution in [0.1, 0.15) is 32.0 Å². The zero-order chi connectivity index (χ0) is 22.1. The van der Waals surface area contributed by atoms with Crippen molar-refractivity contribution in [1.82, 2.24) is 25.2 Å². The molecular formula is C22H19Cl2N5O2. The first kappa shape index (κ1) is 21.0. The molecule has 0 radical (unpaired) electrons. The fourth-order valence-electron chi connectivity index (χ4n) is 3.47. The fourth-order valence-corrected chi connectivity index (χ4v) is 3.99. The van der Waals surface area contributed by atoms with E-state index in [1.54, 1.807) is 19.2 Å². The number of aromatic nitrogens is 3. The van der Waals surface area contributed by atoms with Crippen LogP contribution in [0.3, 0.4) is 0 Å². The molecule has 0 atom stereocenters. The van der Waals surface area contributed by atoms with Gasteiger partial charge in [-0.2, -0.15) is 5.10 Å². The summed E-state index contributed by atoms with van der Waals surface area (Å²) in [6, 6.07) is 14.9. The Kier molecular flexibility index (Phi) is 5.71. The number of halogens is 2. The molecule has 0 spiro atoms. The SMILES string of the molecule is Cc1nn(Cc2ccccc2Cl)c(Cl)c1C(=O)NNC(=O)c1cn(C)c2ccccc12. The van der Waals surface area contributed by atoms with Gasteiger partial charge >= 0.3 is 0 Å². The van der Waals surface area contributed by atoms with E-state index in [0.29, 0.717) is 22.8 Å². The lowest BCUT2D eigenvalue weighted by Crippen LogP contribution is -2.41. The second-order valence-corrected chi connectivity index (χ2v) is 7.84. The first-order chi connectivity index (χ1) is 14.9. The van der Waals surface area contributed by atoms with Gasteiger partial charge in [-0.3, -0.25) is 20.4 Å². The molecule has 31 heavy (non-hydrogen) atoms. The van der Waals surface area contributed by atoms with Crippen LogP contribution in [0.4, 0.5) is 0 Å². The van der Waals surface area contributed by atoms with Gasteiger partial charge in [0, 0.05) is 29.2 Å². The molecule has 0 aliphatic heterocycles. The van der Waals surface area contributed by atoms with Crippen molar-refractivity contribution in [1.29, 1.82) is 0 Å². The summed E-state index contributed by atoms with van der Waals surface area (Å²) in [6.07, 6.45) is 1.71. The molecule has 7 nitrogen and oxygen atoms in total. The Hall–Kier alpha value is -3.29. The topological polar surface area (TPSA) is 81.0 Å². The van der Waals surface area contributed by atoms with Crippen LogP contribution in [-0.4, -0.2) is 26.2 Å². The Morgan fingerprint density at radius 2 is 1.68 bits per heavy atom. The van der Waals surface area contributed by atoms with Crippen molar-refractivity contribution in [2.24, 2.45) is 7.05 Å². The molecule has 0 bridgehead atoms. The van der Waals surface area contributed by atoms with Crippen LogP contribution in [-0.2, 0) is 13.6 Å². The van der Waals surface area contributed by atoms with E-state index >= 15 is 0 Å². The molecule has 2 aromatic heterocycles. The molecule has 0 saturated carbocycles. The predicted octanol–water partition coefficient (Wildman–Crippen LogP) is 4.11. The van der Waals surface area contributed by atoms with Crippen LogP contribution in [0, 0.1) is 6.92 Å². The maximum Gasteiger partial charge on any atom is 0.274 e. The maximum atomic E-state index is 12.7. The van der Waals surface area contributed by atoms with Crippen molar-refractivity contribution in [2.45, 2.75) is 13.5 Å². The minimum Gasteiger partial charge on any atom is -0.350 e. The Morgan fingerprint density at radius 3 is 2.45 bits per heavy atom. The summed E-state index contributed by atoms with van der Waals surface area (Å²) in [5.74, 6) is -0.983. The van der Waals surface area contributed by atoms with Gasteiger partial charge in [-0.15, -0.1) is 0 Å². The van der Waals surface area contributed by atoms with Crippen molar-refractivity contribution >= 4 is 45.9 Å². The number of fused-ring (bicyclic) bond motifs is 1. The Labute approximate surface area is 188 Å². The normalized spacial score (nSPS) is 11.0. The van der Waals surface area contributed by atoms with E-state index in [2.05, 4.69) is 16.0 Å². The van der Waals surface area contributed by atoms with E-state index in [0.717, 1.165) is 16.5 Å². The van der Waals surface area contributed by atoms with Crippen molar-refractivity contribution in [2.75, 3.05) is 0 Å². The summed E-state index contributed by atoms with van der Waals surface area (Å²) >= 11 is 12.6. The molecule has 0 fully saturated rings. The molecule has 0 aliphatic carbocycles. The summed E-state index contributed by atoms with van der Waals surface area (Å²) in [5, 5.41) is 5.88. The van der Waals surface area contributed by atoms with Crippen molar-refractivity contribution < 1.29 is 9.59 Å². The first-order valence-corrected chi connectivity index (χ1v) is 10.2. The summed E-state index contributed by atoms with van der Waals surface area (Å²) in [5.41, 5.74) is 7.71. The highest BCUT2D eigenvalue weighted by atomic mass is 35.5. The number of carbonyl (C=O) groups is 2. The third kappa shape index (κ3) is 4.02. The average molecular weight is 456 g/mol. The lowest BCUT2D eigenvalue weighted by atomic mass is 10.2. The molecule has 0 saturated heterocycles. The Morgan fingerprint density at radius 1 is 1.00 bits per heavy atom. The minimum absolute atomic E-state index is 0.161. The average Bonchev–Trinajstić information content (AvgIpc) is 3.24. The van der Waals surface area contributed by atoms with Gasteiger partial charge in [0.25, 0.3) is 11.8 Å². The van der Waals surface area contributed by atoms with Gasteiger partial charge in [0.1, 0.15) is 10.7 Å². The number of hydrazine groups is 1. The molecule has 9 heteroatoms. The van der Waals surface area contributed by atoms with Gasteiger partial charge in [0.2, 0.25) is 0 Å². The summed E-state index contributed by atoms with van der Waals surface area (Å²) in [4.78, 5) is 25.4. The van der Waals surface area contributed by atoms with E-state index in [-0.39, 0.29) is 10.7 Å². The molecule has 2 amide bonds. The standard InChI is InChI=1S/C22H19Cl2N5O2/c1-13-19(20(24)29(27-13)11-14-7-3-5-9-17(14)23)22(31)26-25-21(30)16-12-28(2)18-10-6-4-8-15(16)18/h3-10,12H,11H2,1-2H3,(H,25,30)(H,26,31). The molecular weight excluding hydrogens is 437 g/mol. The number of rotatable bonds is 4. The number of hydrogen-bond acceptors (Lipinski definition) is 3. The third-order valence-corrected chi connectivity index (χ3v) is 5.75. The van der Waals surface area contributed by atoms with Gasteiger partial charge < -0.3 is 4.57 Å². The van der Waals surface area contributed by atoms with Gasteiger partial charge in [-0.05, 0) is 24.6 Å². The number of hydrogen-bond donors (Lipinski definition) is 2. The molecule has 2 N–H and O–H groups in total. The van der Waals surface area contributed by atoms with Gasteiger partial charge in [-0.1, -0.05) is 59.6 Å². The monoisotopic (exact) mass is 455 g/mol. The number of carbonyl (C=O) groups excluding carboxylic acids is 2. The zero-order valence-corrected chi connectivity index (χ0v) is 18.3. The van der Waals surface area contributed by atoms with Crippen LogP contribution in [0.2, 0.25) is 10.2 Å². The number of aryl methyl sites for hydroxylation is 2. The smallest absolute Gasteiger partial charge is 0.274 e. The number of benzene rings is 2. The molecule has 2 heterocycles. The Balaban J connectivity index is 1.50. The molecule has 158 valence electrons. The minimum atomic E-state index is -0.554. The van der Waals surface area contributed by atoms with Crippen LogP contribution in [0.5, 0.6) is 0 Å². The Bertz CT molecular complexity index is 1310. The lowest BCUT2D eigenvalue weighted by molar-refractivity contribution is 0.0847. The number of amides is 2. The second kappa shape index (κ2) is 8.45. The van der Waals surface area contributed by atoms with Gasteiger partial charge in [0.05, 0.1) is 17.8 Å².